The smallest absolute Gasteiger partial charge is 0.200 e. The first-order valence-corrected chi connectivity index (χ1v) is 4.38. The molecule has 4 heteroatoms. The third-order valence-electron chi connectivity index (χ3n) is 1.44. The van der Waals surface area contributed by atoms with E-state index in [0.29, 0.717) is 5.56 Å². The van der Waals surface area contributed by atoms with Crippen molar-refractivity contribution in [3.63, 3.8) is 0 Å². The zero-order chi connectivity index (χ0) is 11.1. The van der Waals surface area contributed by atoms with Gasteiger partial charge >= 0.3 is 0 Å². The van der Waals surface area contributed by atoms with E-state index in [2.05, 4.69) is 0 Å². The van der Waals surface area contributed by atoms with Crippen molar-refractivity contribution >= 4 is 0 Å². The van der Waals surface area contributed by atoms with Crippen LogP contribution in [0.2, 0.25) is 0 Å². The predicted molar refractivity (Wildman–Crippen MR) is 53.5 cm³/mol. The van der Waals surface area contributed by atoms with Crippen LogP contribution in [-0.2, 0) is 11.3 Å². The molecule has 4 nitrogen and oxygen atoms in total. The van der Waals surface area contributed by atoms with Crippen molar-refractivity contribution in [2.24, 2.45) is 0 Å². The first-order valence-electron chi connectivity index (χ1n) is 4.38. The summed E-state index contributed by atoms with van der Waals surface area (Å²) >= 11 is 0. The van der Waals surface area contributed by atoms with Gasteiger partial charge in [-0.2, -0.15) is 0 Å². The van der Waals surface area contributed by atoms with Crippen molar-refractivity contribution in [2.75, 3.05) is 7.11 Å². The molecular formula is C10H16O4. The fourth-order valence-electron chi connectivity index (χ4n) is 0.911. The Labute approximate surface area is 83.4 Å². The lowest BCUT2D eigenvalue weighted by Crippen LogP contribution is -1.86. The first kappa shape index (κ1) is 12.6. The second-order valence-electron chi connectivity index (χ2n) is 2.42. The topological polar surface area (TPSA) is 69.9 Å². The van der Waals surface area contributed by atoms with Gasteiger partial charge in [-0.25, -0.2) is 0 Å². The highest BCUT2D eigenvalue weighted by molar-refractivity contribution is 5.50. The summed E-state index contributed by atoms with van der Waals surface area (Å²) in [6, 6.07) is 2.66. The van der Waals surface area contributed by atoms with Gasteiger partial charge in [-0.15, -0.1) is 0 Å². The van der Waals surface area contributed by atoms with Crippen molar-refractivity contribution in [3.8, 4) is 17.2 Å². The number of hydrogen-bond acceptors (Lipinski definition) is 4. The minimum atomic E-state index is -0.505. The van der Waals surface area contributed by atoms with E-state index in [1.165, 1.54) is 19.2 Å². The largest absolute Gasteiger partial charge is 0.504 e. The lowest BCUT2D eigenvalue weighted by Gasteiger charge is -2.04. The number of aromatic hydroxyl groups is 3. The normalized spacial score (nSPS) is 9.07. The predicted octanol–water partition coefficient (Wildman–Crippen LogP) is 1.98. The molecule has 0 aliphatic carbocycles. The van der Waals surface area contributed by atoms with Crippen molar-refractivity contribution in [1.29, 1.82) is 0 Å². The Morgan fingerprint density at radius 2 is 1.50 bits per heavy atom. The monoisotopic (exact) mass is 200 g/mol. The van der Waals surface area contributed by atoms with E-state index < -0.39 is 5.75 Å². The number of phenols is 3. The molecule has 0 aromatic heterocycles. The molecule has 0 unspecified atom stereocenters. The summed E-state index contributed by atoms with van der Waals surface area (Å²) in [5, 5.41) is 27.0. The summed E-state index contributed by atoms with van der Waals surface area (Å²) in [7, 11) is 1.50. The summed E-state index contributed by atoms with van der Waals surface area (Å²) in [4.78, 5) is 0. The van der Waals surface area contributed by atoms with Crippen LogP contribution < -0.4 is 0 Å². The van der Waals surface area contributed by atoms with Crippen LogP contribution in [0.1, 0.15) is 19.4 Å². The highest BCUT2D eigenvalue weighted by Gasteiger charge is 2.07. The van der Waals surface area contributed by atoms with Crippen molar-refractivity contribution < 1.29 is 20.1 Å². The van der Waals surface area contributed by atoms with E-state index in [9.17, 15) is 0 Å². The molecule has 0 aliphatic rings. The van der Waals surface area contributed by atoms with Crippen LogP contribution in [0.25, 0.3) is 0 Å². The number of hydrogen-bond donors (Lipinski definition) is 3. The fraction of sp³-hybridized carbons (Fsp3) is 0.400. The van der Waals surface area contributed by atoms with Crippen LogP contribution in [0, 0.1) is 0 Å². The van der Waals surface area contributed by atoms with Gasteiger partial charge in [-0.1, -0.05) is 13.8 Å². The Hall–Kier alpha value is -1.42. The maximum Gasteiger partial charge on any atom is 0.200 e. The summed E-state index contributed by atoms with van der Waals surface area (Å²) in [6.07, 6.45) is 0. The van der Waals surface area contributed by atoms with E-state index in [0.717, 1.165) is 0 Å². The minimum absolute atomic E-state index is 0.279. The molecule has 0 saturated heterocycles. The van der Waals surface area contributed by atoms with Gasteiger partial charge in [0, 0.05) is 7.11 Å². The number of ether oxygens (including phenoxy) is 1. The van der Waals surface area contributed by atoms with Gasteiger partial charge in [0.15, 0.2) is 17.2 Å². The molecule has 1 aromatic carbocycles. The number of benzene rings is 1. The second kappa shape index (κ2) is 6.10. The maximum absolute atomic E-state index is 9.04. The highest BCUT2D eigenvalue weighted by Crippen LogP contribution is 2.35. The molecule has 0 aliphatic heterocycles. The molecular weight excluding hydrogens is 184 g/mol. The SMILES string of the molecule is CC.COCc1cc(O)c(O)c(O)c1. The third-order valence-corrected chi connectivity index (χ3v) is 1.44. The Morgan fingerprint density at radius 3 is 1.86 bits per heavy atom. The Morgan fingerprint density at radius 1 is 1.07 bits per heavy atom. The number of rotatable bonds is 2. The van der Waals surface area contributed by atoms with Crippen LogP contribution in [-0.4, -0.2) is 22.4 Å². The van der Waals surface area contributed by atoms with Crippen LogP contribution in [0.5, 0.6) is 17.2 Å². The molecule has 80 valence electrons. The van der Waals surface area contributed by atoms with Gasteiger partial charge < -0.3 is 20.1 Å². The van der Waals surface area contributed by atoms with Crippen LogP contribution >= 0.6 is 0 Å². The van der Waals surface area contributed by atoms with Crippen molar-refractivity contribution in [3.05, 3.63) is 17.7 Å². The molecule has 0 heterocycles. The molecule has 0 atom stereocenters. The molecule has 0 radical (unpaired) electrons. The lowest BCUT2D eigenvalue weighted by molar-refractivity contribution is 0.184. The highest BCUT2D eigenvalue weighted by atomic mass is 16.5. The zero-order valence-electron chi connectivity index (χ0n) is 8.61. The van der Waals surface area contributed by atoms with Crippen molar-refractivity contribution in [1.82, 2.24) is 0 Å². The number of phenolic OH excluding ortho intramolecular Hbond substituents is 3. The molecule has 1 rings (SSSR count). The van der Waals surface area contributed by atoms with Gasteiger partial charge in [0.25, 0.3) is 0 Å². The van der Waals surface area contributed by atoms with E-state index >= 15 is 0 Å². The molecule has 0 spiro atoms. The summed E-state index contributed by atoms with van der Waals surface area (Å²) in [6.45, 7) is 4.28. The van der Waals surface area contributed by atoms with Crippen LogP contribution in [0.4, 0.5) is 0 Å². The van der Waals surface area contributed by atoms with E-state index in [1.807, 2.05) is 13.8 Å². The maximum atomic E-state index is 9.04. The molecule has 3 N–H and O–H groups in total. The van der Waals surface area contributed by atoms with E-state index in [1.54, 1.807) is 0 Å². The van der Waals surface area contributed by atoms with E-state index in [-0.39, 0.29) is 18.1 Å². The van der Waals surface area contributed by atoms with Gasteiger partial charge in [0.1, 0.15) is 0 Å². The second-order valence-corrected chi connectivity index (χ2v) is 2.42. The van der Waals surface area contributed by atoms with Gasteiger partial charge in [-0.05, 0) is 17.7 Å². The van der Waals surface area contributed by atoms with Gasteiger partial charge in [0.2, 0.25) is 0 Å². The summed E-state index contributed by atoms with van der Waals surface area (Å²) < 4.78 is 4.77. The van der Waals surface area contributed by atoms with Crippen LogP contribution in [0.3, 0.4) is 0 Å². The fourth-order valence-corrected chi connectivity index (χ4v) is 0.911. The molecule has 1 aromatic rings. The zero-order valence-corrected chi connectivity index (χ0v) is 8.61. The molecule has 0 saturated carbocycles. The Kier molecular flexibility index (Phi) is 5.48. The summed E-state index contributed by atoms with van der Waals surface area (Å²) in [5.41, 5.74) is 0.602. The Balaban J connectivity index is 0.000000791. The first-order chi connectivity index (χ1) is 6.65. The van der Waals surface area contributed by atoms with Gasteiger partial charge in [-0.3, -0.25) is 0 Å². The van der Waals surface area contributed by atoms with E-state index in [4.69, 9.17) is 20.1 Å². The van der Waals surface area contributed by atoms with Crippen LogP contribution in [0.15, 0.2) is 12.1 Å². The number of methoxy groups -OCH3 is 1. The average molecular weight is 200 g/mol. The quantitative estimate of drug-likeness (QED) is 0.638. The lowest BCUT2D eigenvalue weighted by atomic mass is 10.2. The molecule has 14 heavy (non-hydrogen) atoms. The standard InChI is InChI=1S/C8H10O4.C2H6/c1-12-4-5-2-6(9)8(11)7(10)3-5;1-2/h2-3,9-11H,4H2,1H3;1-2H3. The minimum Gasteiger partial charge on any atom is -0.504 e. The molecule has 0 bridgehead atoms. The Bertz CT molecular complexity index is 260. The third kappa shape index (κ3) is 3.14. The summed E-state index contributed by atoms with van der Waals surface area (Å²) in [5.74, 6) is -1.20. The van der Waals surface area contributed by atoms with Crippen molar-refractivity contribution in [2.45, 2.75) is 20.5 Å². The van der Waals surface area contributed by atoms with Gasteiger partial charge in [0.05, 0.1) is 6.61 Å². The molecule has 0 fully saturated rings. The average Bonchev–Trinajstić information content (AvgIpc) is 2.18. The molecule has 0 amide bonds.